The second-order valence-corrected chi connectivity index (χ2v) is 5.85. The minimum atomic E-state index is -0.609. The number of carbonyl (C=O) groups is 2. The van der Waals surface area contributed by atoms with Crippen LogP contribution in [0, 0.1) is 5.92 Å². The number of fused-ring (bicyclic) bond motifs is 1. The fourth-order valence-electron chi connectivity index (χ4n) is 2.40. The lowest BCUT2D eigenvalue weighted by Crippen LogP contribution is -2.48. The number of amides is 2. The number of carbonyl (C=O) groups excluding carboxylic acids is 2. The van der Waals surface area contributed by atoms with Gasteiger partial charge < -0.3 is 15.8 Å². The van der Waals surface area contributed by atoms with Crippen molar-refractivity contribution in [1.29, 1.82) is 0 Å². The number of nitrogens with zero attached hydrogens (tertiary/aromatic N) is 1. The molecule has 0 aliphatic carbocycles. The number of rotatable bonds is 4. The van der Waals surface area contributed by atoms with E-state index in [2.05, 4.69) is 5.32 Å². The topological polar surface area (TPSA) is 84.7 Å². The van der Waals surface area contributed by atoms with Crippen LogP contribution in [-0.4, -0.2) is 31.5 Å². The highest BCUT2D eigenvalue weighted by molar-refractivity contribution is 6.03. The lowest BCUT2D eigenvalue weighted by molar-refractivity contribution is -0.128. The average Bonchev–Trinajstić information content (AvgIpc) is 2.50. The molecule has 1 aromatic carbocycles. The quantitative estimate of drug-likeness (QED) is 0.875. The van der Waals surface area contributed by atoms with Crippen LogP contribution < -0.4 is 20.7 Å². The first kappa shape index (κ1) is 16.3. The smallest absolute Gasteiger partial charge is 0.268 e. The summed E-state index contributed by atoms with van der Waals surface area (Å²) < 4.78 is 5.62. The number of hydrogen-bond acceptors (Lipinski definition) is 4. The molecule has 0 spiro atoms. The van der Waals surface area contributed by atoms with Gasteiger partial charge in [0.15, 0.2) is 6.10 Å². The van der Waals surface area contributed by atoms with E-state index in [1.807, 2.05) is 32.0 Å². The summed E-state index contributed by atoms with van der Waals surface area (Å²) in [6.45, 7) is 5.72. The second-order valence-electron chi connectivity index (χ2n) is 5.85. The van der Waals surface area contributed by atoms with Crippen molar-refractivity contribution in [2.24, 2.45) is 11.7 Å². The van der Waals surface area contributed by atoms with E-state index in [9.17, 15) is 9.59 Å². The van der Waals surface area contributed by atoms with E-state index in [1.165, 1.54) is 4.90 Å². The maximum atomic E-state index is 12.3. The van der Waals surface area contributed by atoms with Crippen molar-refractivity contribution >= 4 is 17.5 Å². The van der Waals surface area contributed by atoms with E-state index in [0.717, 1.165) is 5.56 Å². The summed E-state index contributed by atoms with van der Waals surface area (Å²) >= 11 is 0. The van der Waals surface area contributed by atoms with Crippen molar-refractivity contribution in [2.75, 3.05) is 18.5 Å². The molecule has 3 N–H and O–H groups in total. The Morgan fingerprint density at radius 3 is 2.73 bits per heavy atom. The van der Waals surface area contributed by atoms with Gasteiger partial charge in [-0.05, 0) is 30.5 Å². The van der Waals surface area contributed by atoms with Crippen LogP contribution in [0.1, 0.15) is 32.4 Å². The molecule has 0 saturated carbocycles. The van der Waals surface area contributed by atoms with Crippen LogP contribution in [0.4, 0.5) is 5.69 Å². The number of nitrogens with one attached hydrogen (secondary N) is 1. The molecule has 0 saturated heterocycles. The molecule has 1 aromatic rings. The van der Waals surface area contributed by atoms with Gasteiger partial charge in [-0.3, -0.25) is 14.5 Å². The predicted molar refractivity (Wildman–Crippen MR) is 84.7 cm³/mol. The van der Waals surface area contributed by atoms with Crippen LogP contribution in [-0.2, 0) is 9.59 Å². The summed E-state index contributed by atoms with van der Waals surface area (Å²) in [7, 11) is 1.54. The minimum absolute atomic E-state index is 0.0313. The van der Waals surface area contributed by atoms with Gasteiger partial charge in [-0.25, -0.2) is 0 Å². The highest BCUT2D eigenvalue weighted by Gasteiger charge is 2.33. The van der Waals surface area contributed by atoms with Gasteiger partial charge in [-0.2, -0.15) is 0 Å². The van der Waals surface area contributed by atoms with Crippen molar-refractivity contribution in [3.63, 3.8) is 0 Å². The highest BCUT2D eigenvalue weighted by atomic mass is 16.5. The molecule has 1 heterocycles. The van der Waals surface area contributed by atoms with Crippen LogP contribution in [0.5, 0.6) is 5.75 Å². The third-order valence-corrected chi connectivity index (χ3v) is 3.88. The molecule has 22 heavy (non-hydrogen) atoms. The Morgan fingerprint density at radius 2 is 2.14 bits per heavy atom. The van der Waals surface area contributed by atoms with Gasteiger partial charge >= 0.3 is 0 Å². The molecule has 0 aromatic heterocycles. The first-order chi connectivity index (χ1) is 10.3. The van der Waals surface area contributed by atoms with Crippen molar-refractivity contribution in [3.05, 3.63) is 23.8 Å². The molecule has 0 bridgehead atoms. The average molecular weight is 305 g/mol. The van der Waals surface area contributed by atoms with E-state index in [-0.39, 0.29) is 30.3 Å². The summed E-state index contributed by atoms with van der Waals surface area (Å²) in [5.74, 6) is 0.401. The van der Waals surface area contributed by atoms with E-state index >= 15 is 0 Å². The van der Waals surface area contributed by atoms with Crippen molar-refractivity contribution in [3.8, 4) is 5.75 Å². The molecule has 2 atom stereocenters. The van der Waals surface area contributed by atoms with Gasteiger partial charge in [0.2, 0.25) is 5.91 Å². The fraction of sp³-hybridized carbons (Fsp3) is 0.500. The zero-order valence-electron chi connectivity index (χ0n) is 13.4. The van der Waals surface area contributed by atoms with Gasteiger partial charge in [0.05, 0.1) is 5.69 Å². The first-order valence-corrected chi connectivity index (χ1v) is 7.43. The Bertz CT molecular complexity index is 586. The molecule has 2 rings (SSSR count). The predicted octanol–water partition coefficient (Wildman–Crippen LogP) is 1.20. The van der Waals surface area contributed by atoms with E-state index in [4.69, 9.17) is 10.5 Å². The number of benzene rings is 1. The molecule has 0 fully saturated rings. The first-order valence-electron chi connectivity index (χ1n) is 7.43. The van der Waals surface area contributed by atoms with Crippen LogP contribution >= 0.6 is 0 Å². The standard InChI is InChI=1S/C16H23N3O3/c1-9(2)15(17)11-5-6-13-12(7-11)19(8-14(20)18-4)16(21)10(3)22-13/h5-7,9-10,15H,8,17H2,1-4H3,(H,18,20). The molecule has 0 radical (unpaired) electrons. The summed E-state index contributed by atoms with van der Waals surface area (Å²) in [4.78, 5) is 25.5. The summed E-state index contributed by atoms with van der Waals surface area (Å²) in [5.41, 5.74) is 7.70. The maximum absolute atomic E-state index is 12.3. The minimum Gasteiger partial charge on any atom is -0.479 e. The number of nitrogens with two attached hydrogens (primary N) is 1. The zero-order valence-corrected chi connectivity index (χ0v) is 13.4. The van der Waals surface area contributed by atoms with Gasteiger partial charge in [0.1, 0.15) is 12.3 Å². The van der Waals surface area contributed by atoms with Gasteiger partial charge in [-0.1, -0.05) is 19.9 Å². The van der Waals surface area contributed by atoms with Crippen molar-refractivity contribution < 1.29 is 14.3 Å². The zero-order chi connectivity index (χ0) is 16.4. The third-order valence-electron chi connectivity index (χ3n) is 3.88. The maximum Gasteiger partial charge on any atom is 0.268 e. The molecule has 1 aliphatic rings. The van der Waals surface area contributed by atoms with E-state index in [0.29, 0.717) is 11.4 Å². The normalized spacial score (nSPS) is 18.7. The Morgan fingerprint density at radius 1 is 1.45 bits per heavy atom. The number of hydrogen-bond donors (Lipinski definition) is 2. The van der Waals surface area contributed by atoms with E-state index < -0.39 is 6.10 Å². The van der Waals surface area contributed by atoms with Crippen LogP contribution in [0.2, 0.25) is 0 Å². The monoisotopic (exact) mass is 305 g/mol. The number of likely N-dealkylation sites (N-methyl/N-ethyl adjacent to an activating group) is 1. The SMILES string of the molecule is CNC(=O)CN1C(=O)C(C)Oc2ccc(C(N)C(C)C)cc21. The molecule has 120 valence electrons. The highest BCUT2D eigenvalue weighted by Crippen LogP contribution is 2.36. The van der Waals surface area contributed by atoms with Crippen LogP contribution in [0.3, 0.4) is 0 Å². The van der Waals surface area contributed by atoms with Crippen LogP contribution in [0.25, 0.3) is 0 Å². The number of ether oxygens (including phenoxy) is 1. The summed E-state index contributed by atoms with van der Waals surface area (Å²) in [6, 6.07) is 5.42. The summed E-state index contributed by atoms with van der Waals surface area (Å²) in [5, 5.41) is 2.54. The second kappa shape index (κ2) is 6.36. The molecule has 2 unspecified atom stereocenters. The third kappa shape index (κ3) is 3.06. The summed E-state index contributed by atoms with van der Waals surface area (Å²) in [6.07, 6.45) is -0.609. The molecule has 2 amide bonds. The van der Waals surface area contributed by atoms with E-state index in [1.54, 1.807) is 14.0 Å². The molecule has 1 aliphatic heterocycles. The van der Waals surface area contributed by atoms with Crippen molar-refractivity contribution in [2.45, 2.75) is 32.9 Å². The molecular formula is C16H23N3O3. The lowest BCUT2D eigenvalue weighted by atomic mass is 9.96. The van der Waals surface area contributed by atoms with Crippen molar-refractivity contribution in [1.82, 2.24) is 5.32 Å². The van der Waals surface area contributed by atoms with Crippen LogP contribution in [0.15, 0.2) is 18.2 Å². The fourth-order valence-corrected chi connectivity index (χ4v) is 2.40. The Kier molecular flexibility index (Phi) is 4.71. The molecular weight excluding hydrogens is 282 g/mol. The van der Waals surface area contributed by atoms with Gasteiger partial charge in [-0.15, -0.1) is 0 Å². The van der Waals surface area contributed by atoms with Gasteiger partial charge in [0.25, 0.3) is 5.91 Å². The molecule has 6 nitrogen and oxygen atoms in total. The number of anilines is 1. The Balaban J connectivity index is 2.42. The largest absolute Gasteiger partial charge is 0.479 e. The van der Waals surface area contributed by atoms with Gasteiger partial charge in [0, 0.05) is 13.1 Å². The molecule has 6 heteroatoms. The Labute approximate surface area is 130 Å². The lowest BCUT2D eigenvalue weighted by Gasteiger charge is -2.33. The Hall–Kier alpha value is -2.08.